The van der Waals surface area contributed by atoms with Crippen LogP contribution in [-0.2, 0) is 11.2 Å². The lowest BCUT2D eigenvalue weighted by atomic mass is 10.0. The molecule has 0 aliphatic carbocycles. The van der Waals surface area contributed by atoms with Gasteiger partial charge in [-0.05, 0) is 49.8 Å². The predicted molar refractivity (Wildman–Crippen MR) is 182 cm³/mol. The SMILES string of the molecule is CCCC[N+](CCCC)(CCCC)CCCC.N[C@@H](Cc1ccc(-c2cc(OC(c3ccc(F)c(F)c3)C(F)(F)F)ncn2)cc1)C(=O)O.[F-]. The summed E-state index contributed by atoms with van der Waals surface area (Å²) in [6.07, 6.45) is 4.64. The highest BCUT2D eigenvalue weighted by Crippen LogP contribution is 2.37. The molecule has 1 aromatic heterocycles. The van der Waals surface area contributed by atoms with E-state index < -0.39 is 47.4 Å². The Balaban J connectivity index is 0.000000593. The molecule has 50 heavy (non-hydrogen) atoms. The average Bonchev–Trinajstić information content (AvgIpc) is 3.08. The van der Waals surface area contributed by atoms with E-state index in [1.807, 2.05) is 0 Å². The largest absolute Gasteiger partial charge is 1.00 e. The number of carbonyl (C=O) groups is 1. The van der Waals surface area contributed by atoms with Gasteiger partial charge in [0.2, 0.25) is 12.0 Å². The molecule has 2 aromatic carbocycles. The van der Waals surface area contributed by atoms with Gasteiger partial charge < -0.3 is 24.8 Å². The summed E-state index contributed by atoms with van der Waals surface area (Å²) in [5, 5.41) is 8.87. The van der Waals surface area contributed by atoms with Crippen LogP contribution in [0.2, 0.25) is 0 Å². The number of nitrogens with zero attached hydrogens (tertiary/aromatic N) is 3. The van der Waals surface area contributed by atoms with Gasteiger partial charge >= 0.3 is 12.1 Å². The summed E-state index contributed by atoms with van der Waals surface area (Å²) >= 11 is 0. The lowest BCUT2D eigenvalue weighted by molar-refractivity contribution is -0.929. The molecule has 3 rings (SSSR count). The Morgan fingerprint density at radius 2 is 1.34 bits per heavy atom. The molecule has 7 nitrogen and oxygen atoms in total. The molecule has 0 aliphatic heterocycles. The summed E-state index contributed by atoms with van der Waals surface area (Å²) in [7, 11) is 0. The molecule has 1 heterocycles. The van der Waals surface area contributed by atoms with E-state index >= 15 is 0 Å². The fourth-order valence-corrected chi connectivity index (χ4v) is 5.48. The molecule has 0 saturated heterocycles. The molecule has 0 spiro atoms. The molecule has 2 atom stereocenters. The number of ether oxygens (including phenoxy) is 1. The van der Waals surface area contributed by atoms with Crippen LogP contribution in [-0.4, -0.2) is 63.9 Å². The van der Waals surface area contributed by atoms with Crippen molar-refractivity contribution in [3.05, 3.63) is 77.6 Å². The molecule has 0 radical (unpaired) electrons. The number of benzene rings is 2. The molecule has 0 amide bonds. The van der Waals surface area contributed by atoms with Crippen LogP contribution >= 0.6 is 0 Å². The van der Waals surface area contributed by atoms with Crippen LogP contribution in [0.15, 0.2) is 54.9 Å². The molecular weight excluding hydrogens is 662 g/mol. The Labute approximate surface area is 292 Å². The highest BCUT2D eigenvalue weighted by molar-refractivity contribution is 5.73. The normalized spacial score (nSPS) is 12.7. The first-order valence-corrected chi connectivity index (χ1v) is 17.2. The van der Waals surface area contributed by atoms with Crippen molar-refractivity contribution >= 4 is 5.97 Å². The van der Waals surface area contributed by atoms with Crippen molar-refractivity contribution < 1.29 is 45.8 Å². The topological polar surface area (TPSA) is 98.3 Å². The molecule has 0 fully saturated rings. The number of aliphatic carboxylic acids is 1. The molecule has 0 bridgehead atoms. The standard InChI is InChI=1S/C21H16F5N3O3.C16H36N.FH/c22-14-6-5-13(8-15(14)23)19(21(24,25)26)32-18-9-17(28-10-29-18)12-3-1-11(2-4-12)7-16(27)20(30)31;1-5-9-13-17(14-10-6-2,15-11-7-3)16-12-8-4;/h1-6,8-10,16,19H,7,27H2,(H,30,31);5-16H2,1-4H3;1H/q;+1;/p-1/t16-,19?;;/m0../s1. The van der Waals surface area contributed by atoms with E-state index in [-0.39, 0.29) is 16.8 Å². The Morgan fingerprint density at radius 1 is 0.820 bits per heavy atom. The number of unbranched alkanes of at least 4 members (excludes halogenated alkanes) is 4. The third-order valence-corrected chi connectivity index (χ3v) is 8.39. The second-order valence-electron chi connectivity index (χ2n) is 12.5. The number of aromatic nitrogens is 2. The van der Waals surface area contributed by atoms with E-state index in [1.54, 1.807) is 24.3 Å². The second-order valence-corrected chi connectivity index (χ2v) is 12.5. The van der Waals surface area contributed by atoms with Crippen molar-refractivity contribution in [2.75, 3.05) is 26.2 Å². The number of carboxylic acids is 1. The Hall–Kier alpha value is -3.71. The van der Waals surface area contributed by atoms with Gasteiger partial charge in [0, 0.05) is 17.2 Å². The molecule has 280 valence electrons. The van der Waals surface area contributed by atoms with Gasteiger partial charge in [0.05, 0.1) is 31.9 Å². The van der Waals surface area contributed by atoms with Crippen molar-refractivity contribution in [1.29, 1.82) is 0 Å². The van der Waals surface area contributed by atoms with Gasteiger partial charge in [0.1, 0.15) is 12.4 Å². The monoisotopic (exact) mass is 714 g/mol. The number of hydrogen-bond acceptors (Lipinski definition) is 5. The van der Waals surface area contributed by atoms with Crippen LogP contribution in [0.4, 0.5) is 22.0 Å². The van der Waals surface area contributed by atoms with Gasteiger partial charge in [-0.15, -0.1) is 0 Å². The predicted octanol–water partition coefficient (Wildman–Crippen LogP) is 6.07. The molecule has 0 saturated carbocycles. The zero-order valence-corrected chi connectivity index (χ0v) is 29.5. The summed E-state index contributed by atoms with van der Waals surface area (Å²) in [6.45, 7) is 15.0. The highest BCUT2D eigenvalue weighted by atomic mass is 19.4. The highest BCUT2D eigenvalue weighted by Gasteiger charge is 2.43. The molecule has 1 unspecified atom stereocenters. The van der Waals surface area contributed by atoms with Gasteiger partial charge in [-0.3, -0.25) is 4.79 Å². The lowest BCUT2D eigenvalue weighted by Crippen LogP contribution is -3.00. The van der Waals surface area contributed by atoms with Crippen LogP contribution in [0.1, 0.15) is 96.3 Å². The van der Waals surface area contributed by atoms with Crippen molar-refractivity contribution in [3.8, 4) is 17.1 Å². The molecule has 0 aliphatic rings. The van der Waals surface area contributed by atoms with Crippen LogP contribution in [0.3, 0.4) is 0 Å². The summed E-state index contributed by atoms with van der Waals surface area (Å²) < 4.78 is 73.5. The molecule has 3 aromatic rings. The van der Waals surface area contributed by atoms with Gasteiger partial charge in [0.25, 0.3) is 0 Å². The average molecular weight is 715 g/mol. The third kappa shape index (κ3) is 14.6. The van der Waals surface area contributed by atoms with E-state index in [0.29, 0.717) is 23.3 Å². The Kier molecular flexibility index (Phi) is 19.7. The maximum absolute atomic E-state index is 13.5. The molecule has 3 N–H and O–H groups in total. The first-order valence-electron chi connectivity index (χ1n) is 17.2. The smallest absolute Gasteiger partial charge is 0.429 e. The van der Waals surface area contributed by atoms with Crippen LogP contribution in [0.5, 0.6) is 5.88 Å². The van der Waals surface area contributed by atoms with E-state index in [1.165, 1.54) is 82.0 Å². The second kappa shape index (κ2) is 22.2. The Bertz CT molecular complexity index is 1370. The summed E-state index contributed by atoms with van der Waals surface area (Å²) in [5.74, 6) is -4.30. The van der Waals surface area contributed by atoms with Crippen LogP contribution in [0.25, 0.3) is 11.3 Å². The number of hydrogen-bond donors (Lipinski definition) is 2. The van der Waals surface area contributed by atoms with Gasteiger partial charge in [-0.25, -0.2) is 18.7 Å². The van der Waals surface area contributed by atoms with Gasteiger partial charge in [0.15, 0.2) is 11.6 Å². The van der Waals surface area contributed by atoms with Gasteiger partial charge in [-0.2, -0.15) is 13.2 Å². The quantitative estimate of drug-likeness (QED) is 0.116. The zero-order valence-electron chi connectivity index (χ0n) is 29.5. The number of quaternary nitrogens is 1. The first-order chi connectivity index (χ1) is 23.3. The first kappa shape index (κ1) is 44.3. The number of halogens is 6. The molecule has 13 heteroatoms. The minimum Gasteiger partial charge on any atom is -1.00 e. The number of nitrogens with two attached hydrogens (primary N) is 1. The van der Waals surface area contributed by atoms with E-state index in [0.717, 1.165) is 18.5 Å². The maximum atomic E-state index is 13.5. The van der Waals surface area contributed by atoms with Crippen LogP contribution in [0, 0.1) is 11.6 Å². The van der Waals surface area contributed by atoms with Gasteiger partial charge in [-0.1, -0.05) is 83.7 Å². The Morgan fingerprint density at radius 3 is 1.78 bits per heavy atom. The fourth-order valence-electron chi connectivity index (χ4n) is 5.48. The van der Waals surface area contributed by atoms with Crippen molar-refractivity contribution in [1.82, 2.24) is 9.97 Å². The number of carboxylic acid groups (broad SMARTS) is 1. The number of alkyl halides is 3. The fraction of sp³-hybridized carbons (Fsp3) is 0.541. The summed E-state index contributed by atoms with van der Waals surface area (Å²) in [4.78, 5) is 18.5. The summed E-state index contributed by atoms with van der Waals surface area (Å²) in [5.41, 5.74) is 6.24. The van der Waals surface area contributed by atoms with E-state index in [4.69, 9.17) is 15.6 Å². The van der Waals surface area contributed by atoms with Crippen molar-refractivity contribution in [2.24, 2.45) is 5.73 Å². The van der Waals surface area contributed by atoms with Crippen molar-refractivity contribution in [2.45, 2.75) is 104 Å². The van der Waals surface area contributed by atoms with Crippen molar-refractivity contribution in [3.63, 3.8) is 0 Å². The minimum atomic E-state index is -4.93. The lowest BCUT2D eigenvalue weighted by Gasteiger charge is -2.39. The molecular formula is C37H52F6N4O3. The maximum Gasteiger partial charge on any atom is 0.429 e. The zero-order chi connectivity index (χ0) is 36.5. The minimum absolute atomic E-state index is 0. The van der Waals surface area contributed by atoms with E-state index in [2.05, 4.69) is 37.7 Å². The van der Waals surface area contributed by atoms with E-state index in [9.17, 15) is 26.7 Å². The number of rotatable bonds is 19. The summed E-state index contributed by atoms with van der Waals surface area (Å²) in [6, 6.07) is 8.26. The third-order valence-electron chi connectivity index (χ3n) is 8.39. The van der Waals surface area contributed by atoms with Crippen LogP contribution < -0.4 is 15.2 Å².